The first-order chi connectivity index (χ1) is 22.7. The quantitative estimate of drug-likeness (QED) is 0.0627. The number of unbranched alkanes of at least 4 members (excludes halogenated alkanes) is 10. The molecule has 0 aromatic heterocycles. The molecular formula is C41H63NO5. The van der Waals surface area contributed by atoms with E-state index in [1.165, 1.54) is 112 Å². The largest absolute Gasteiger partial charge is 0.466 e. The first kappa shape index (κ1) is 45.5. The molecule has 0 aliphatic rings. The van der Waals surface area contributed by atoms with Gasteiger partial charge >= 0.3 is 12.1 Å². The zero-order valence-electron chi connectivity index (χ0n) is 30.2. The van der Waals surface area contributed by atoms with Crippen molar-refractivity contribution in [3.8, 4) is 0 Å². The maximum absolute atomic E-state index is 12.2. The van der Waals surface area contributed by atoms with E-state index in [-0.39, 0.29) is 17.5 Å². The minimum absolute atomic E-state index is 0.0582. The summed E-state index contributed by atoms with van der Waals surface area (Å²) in [5, 5.41) is 5.40. The Balaban J connectivity index is 0. The summed E-state index contributed by atoms with van der Waals surface area (Å²) in [4.78, 5) is 36.8. The number of aryl methyl sites for hydroxylation is 3. The number of benzene rings is 2. The lowest BCUT2D eigenvalue weighted by molar-refractivity contribution is -0.191. The van der Waals surface area contributed by atoms with Crippen LogP contribution in [0.2, 0.25) is 0 Å². The van der Waals surface area contributed by atoms with Gasteiger partial charge in [0, 0.05) is 0 Å². The van der Waals surface area contributed by atoms with Crippen molar-refractivity contribution in [1.29, 1.82) is 5.41 Å². The number of rotatable bonds is 21. The molecule has 0 radical (unpaired) electrons. The number of ether oxygens (including phenoxy) is 1. The second kappa shape index (κ2) is 32.4. The average molecular weight is 650 g/mol. The fourth-order valence-electron chi connectivity index (χ4n) is 5.06. The molecule has 0 amide bonds. The van der Waals surface area contributed by atoms with Crippen LogP contribution < -0.4 is 0 Å². The van der Waals surface area contributed by atoms with E-state index in [0.29, 0.717) is 6.61 Å². The third-order valence-corrected chi connectivity index (χ3v) is 8.39. The third kappa shape index (κ3) is 25.2. The Bertz CT molecular complexity index is 1090. The zero-order chi connectivity index (χ0) is 35.6. The van der Waals surface area contributed by atoms with Gasteiger partial charge in [-0.2, -0.15) is 9.59 Å². The summed E-state index contributed by atoms with van der Waals surface area (Å²) in [6.45, 7) is 14.7. The van der Waals surface area contributed by atoms with Crippen LogP contribution in [0.3, 0.4) is 0 Å². The fourth-order valence-corrected chi connectivity index (χ4v) is 5.06. The second-order valence-corrected chi connectivity index (χ2v) is 12.1. The van der Waals surface area contributed by atoms with Gasteiger partial charge < -0.3 is 4.74 Å². The van der Waals surface area contributed by atoms with Crippen molar-refractivity contribution in [1.82, 2.24) is 0 Å². The molecule has 2 aromatic rings. The Morgan fingerprint density at radius 1 is 0.702 bits per heavy atom. The molecule has 0 bridgehead atoms. The summed E-state index contributed by atoms with van der Waals surface area (Å²) < 4.78 is 5.25. The Morgan fingerprint density at radius 2 is 1.06 bits per heavy atom. The highest BCUT2D eigenvalue weighted by Crippen LogP contribution is 2.29. The van der Waals surface area contributed by atoms with Crippen molar-refractivity contribution in [2.45, 2.75) is 144 Å². The predicted octanol–water partition coefficient (Wildman–Crippen LogP) is 11.1. The molecule has 2 aromatic carbocycles. The molecule has 6 nitrogen and oxygen atoms in total. The summed E-state index contributed by atoms with van der Waals surface area (Å²) in [6, 6.07) is 17.7. The highest BCUT2D eigenvalue weighted by molar-refractivity contribution is 5.76. The predicted molar refractivity (Wildman–Crippen MR) is 194 cm³/mol. The van der Waals surface area contributed by atoms with Gasteiger partial charge in [0.05, 0.1) is 12.0 Å². The van der Waals surface area contributed by atoms with E-state index in [9.17, 15) is 4.79 Å². The Hall–Kier alpha value is -3.59. The summed E-state index contributed by atoms with van der Waals surface area (Å²) in [6.07, 6.45) is 24.2. The van der Waals surface area contributed by atoms with Gasteiger partial charge in [-0.15, -0.1) is 0 Å². The SMILES string of the molecule is C=Cc1ccc(CCCCCCCC)cc1.CCCCCCCCc1ccc(CCC(C)(CC)C(=O)OCC)cc1.N=C=O.O=C=O. The van der Waals surface area contributed by atoms with Crippen LogP contribution in [0.25, 0.3) is 6.08 Å². The zero-order valence-corrected chi connectivity index (χ0v) is 30.2. The van der Waals surface area contributed by atoms with Gasteiger partial charge in [0.15, 0.2) is 0 Å². The smallest absolute Gasteiger partial charge is 0.373 e. The van der Waals surface area contributed by atoms with Crippen LogP contribution in [0.5, 0.6) is 0 Å². The van der Waals surface area contributed by atoms with E-state index < -0.39 is 0 Å². The maximum Gasteiger partial charge on any atom is 0.373 e. The first-order valence-corrected chi connectivity index (χ1v) is 17.7. The summed E-state index contributed by atoms with van der Waals surface area (Å²) >= 11 is 0. The van der Waals surface area contributed by atoms with Crippen LogP contribution in [0, 0.1) is 10.8 Å². The van der Waals surface area contributed by atoms with Crippen molar-refractivity contribution in [2.75, 3.05) is 6.61 Å². The van der Waals surface area contributed by atoms with Crippen molar-refractivity contribution in [2.24, 2.45) is 5.41 Å². The summed E-state index contributed by atoms with van der Waals surface area (Å²) in [5.74, 6) is -0.0582. The van der Waals surface area contributed by atoms with Gasteiger partial charge in [-0.05, 0) is 81.0 Å². The number of nitrogens with one attached hydrogen (secondary N) is 1. The molecule has 0 aliphatic heterocycles. The molecule has 0 aliphatic carbocycles. The molecule has 262 valence electrons. The lowest BCUT2D eigenvalue weighted by Crippen LogP contribution is -2.30. The molecule has 0 fully saturated rings. The molecule has 0 saturated heterocycles. The molecule has 47 heavy (non-hydrogen) atoms. The van der Waals surface area contributed by atoms with E-state index in [2.05, 4.69) is 75.9 Å². The molecule has 2 rings (SSSR count). The number of carbonyl (C=O) groups excluding carboxylic acids is 4. The maximum atomic E-state index is 12.2. The number of isocyanates is 1. The third-order valence-electron chi connectivity index (χ3n) is 8.39. The van der Waals surface area contributed by atoms with Crippen molar-refractivity contribution < 1.29 is 23.9 Å². The van der Waals surface area contributed by atoms with Crippen LogP contribution in [-0.2, 0) is 43.2 Å². The Labute approximate surface area is 286 Å². The van der Waals surface area contributed by atoms with E-state index in [4.69, 9.17) is 24.5 Å². The summed E-state index contributed by atoms with van der Waals surface area (Å²) in [7, 11) is 0. The standard InChI is InChI=1S/C23H38O2.C16H24.CHNO.CO2/c1-5-8-9-10-11-12-13-20-14-16-21(17-15-20)18-19-23(4,6-2)22(24)25-7-3;1-3-5-6-7-8-9-10-16-13-11-15(4-2)12-14-16;2*2-1-3/h14-17H,5-13,18-19H2,1-4H3;4,11-14H,2-3,5-10H2,1H3;2H;. The molecular weight excluding hydrogens is 586 g/mol. The van der Waals surface area contributed by atoms with Crippen LogP contribution in [0.15, 0.2) is 55.1 Å². The molecule has 1 N–H and O–H groups in total. The van der Waals surface area contributed by atoms with Crippen molar-refractivity contribution >= 4 is 24.3 Å². The van der Waals surface area contributed by atoms with E-state index >= 15 is 0 Å². The van der Waals surface area contributed by atoms with E-state index in [1.54, 1.807) is 0 Å². The van der Waals surface area contributed by atoms with Crippen LogP contribution in [0.4, 0.5) is 0 Å². The Morgan fingerprint density at radius 3 is 1.43 bits per heavy atom. The molecule has 0 saturated carbocycles. The number of carbonyl (C=O) groups is 1. The number of esters is 1. The van der Waals surface area contributed by atoms with Crippen molar-refractivity contribution in [3.05, 3.63) is 77.4 Å². The first-order valence-electron chi connectivity index (χ1n) is 17.7. The lowest BCUT2D eigenvalue weighted by Gasteiger charge is -2.25. The van der Waals surface area contributed by atoms with E-state index in [1.807, 2.05) is 19.9 Å². The van der Waals surface area contributed by atoms with Crippen molar-refractivity contribution in [3.63, 3.8) is 0 Å². The Kier molecular flexibility index (Phi) is 31.3. The average Bonchev–Trinajstić information content (AvgIpc) is 3.08. The van der Waals surface area contributed by atoms with Crippen LogP contribution in [0.1, 0.15) is 147 Å². The van der Waals surface area contributed by atoms with Gasteiger partial charge in [-0.1, -0.05) is 146 Å². The molecule has 0 heterocycles. The second-order valence-electron chi connectivity index (χ2n) is 12.1. The summed E-state index contributed by atoms with van der Waals surface area (Å²) in [5.41, 5.74) is 5.05. The molecule has 6 heteroatoms. The van der Waals surface area contributed by atoms with Gasteiger partial charge in [0.25, 0.3) is 0 Å². The minimum atomic E-state index is -0.368. The highest BCUT2D eigenvalue weighted by Gasteiger charge is 2.32. The molecule has 0 spiro atoms. The van der Waals surface area contributed by atoms with Gasteiger partial charge in [-0.25, -0.2) is 10.2 Å². The topological polar surface area (TPSA) is 101 Å². The highest BCUT2D eigenvalue weighted by atomic mass is 16.5. The number of hydrogen-bond donors (Lipinski definition) is 1. The monoisotopic (exact) mass is 649 g/mol. The molecule has 1 atom stereocenters. The van der Waals surface area contributed by atoms with Crippen LogP contribution >= 0.6 is 0 Å². The van der Waals surface area contributed by atoms with Gasteiger partial charge in [0.2, 0.25) is 6.08 Å². The lowest BCUT2D eigenvalue weighted by atomic mass is 9.81. The van der Waals surface area contributed by atoms with Gasteiger partial charge in [-0.3, -0.25) is 4.79 Å². The normalized spacial score (nSPS) is 11.0. The van der Waals surface area contributed by atoms with E-state index in [0.717, 1.165) is 25.3 Å². The van der Waals surface area contributed by atoms with Crippen LogP contribution in [-0.4, -0.2) is 24.8 Å². The molecule has 1 unspecified atom stereocenters. The van der Waals surface area contributed by atoms with Gasteiger partial charge in [0.1, 0.15) is 0 Å². The number of hydrogen-bond acceptors (Lipinski definition) is 6. The fraction of sp³-hybridized carbons (Fsp3) is 0.585. The minimum Gasteiger partial charge on any atom is -0.466 e.